The maximum Gasteiger partial charge on any atom is 0.267 e. The molecule has 2 rings (SSSR count). The summed E-state index contributed by atoms with van der Waals surface area (Å²) in [6.07, 6.45) is 2.01. The number of methoxy groups -OCH3 is 1. The normalized spacial score (nSPS) is 16.9. The van der Waals surface area contributed by atoms with E-state index in [2.05, 4.69) is 10.3 Å². The molecule has 1 aromatic rings. The molecule has 3 N–H and O–H groups in total. The smallest absolute Gasteiger partial charge is 0.267 e. The minimum absolute atomic E-state index is 0.0268. The number of nitrogens with two attached hydrogens (primary N) is 1. The van der Waals surface area contributed by atoms with Gasteiger partial charge < -0.3 is 20.7 Å². The zero-order valence-corrected chi connectivity index (χ0v) is 11.4. The van der Waals surface area contributed by atoms with Crippen molar-refractivity contribution >= 4 is 28.2 Å². The highest BCUT2D eigenvalue weighted by Gasteiger charge is 2.26. The van der Waals surface area contributed by atoms with Gasteiger partial charge in [-0.05, 0) is 12.8 Å². The monoisotopic (exact) mass is 270 g/mol. The van der Waals surface area contributed by atoms with Gasteiger partial charge in [-0.15, -0.1) is 0 Å². The van der Waals surface area contributed by atoms with Crippen LogP contribution in [0, 0.1) is 0 Å². The van der Waals surface area contributed by atoms with Crippen LogP contribution in [-0.4, -0.2) is 49.1 Å². The number of likely N-dealkylation sites (tertiary alicyclic amines) is 1. The first kappa shape index (κ1) is 13.1. The summed E-state index contributed by atoms with van der Waals surface area (Å²) < 4.78 is 5.29. The molecule has 0 bridgehead atoms. The average Bonchev–Trinajstić information content (AvgIpc) is 2.79. The van der Waals surface area contributed by atoms with Gasteiger partial charge in [-0.2, -0.15) is 0 Å². The summed E-state index contributed by atoms with van der Waals surface area (Å²) in [6.45, 7) is 1.42. The van der Waals surface area contributed by atoms with Crippen molar-refractivity contribution in [3.63, 3.8) is 0 Å². The first-order valence-electron chi connectivity index (χ1n) is 5.91. The molecular weight excluding hydrogens is 252 g/mol. The molecular formula is C11H18N4O2S. The molecule has 1 fully saturated rings. The van der Waals surface area contributed by atoms with Crippen LogP contribution in [0.2, 0.25) is 0 Å². The van der Waals surface area contributed by atoms with Crippen molar-refractivity contribution in [2.75, 3.05) is 38.3 Å². The van der Waals surface area contributed by atoms with Gasteiger partial charge in [0.1, 0.15) is 10.7 Å². The molecule has 2 heterocycles. The molecule has 7 heteroatoms. The highest BCUT2D eigenvalue weighted by molar-refractivity contribution is 7.18. The molecule has 1 aliphatic heterocycles. The number of thiazole rings is 1. The highest BCUT2D eigenvalue weighted by atomic mass is 32.1. The standard InChI is InChI=1S/C11H18N4O2S/c1-13-11-14-9(12)8(18-11)10(16)15-5-3-7(17-2)4-6-15/h7H,3-6,12H2,1-2H3,(H,13,14). The van der Waals surface area contributed by atoms with Crippen molar-refractivity contribution in [3.05, 3.63) is 4.88 Å². The number of piperidine rings is 1. The van der Waals surface area contributed by atoms with Gasteiger partial charge in [-0.25, -0.2) is 4.98 Å². The van der Waals surface area contributed by atoms with E-state index >= 15 is 0 Å². The minimum atomic E-state index is -0.0268. The predicted octanol–water partition coefficient (Wildman–Crippen LogP) is 1.02. The third kappa shape index (κ3) is 2.56. The van der Waals surface area contributed by atoms with Gasteiger partial charge in [0, 0.05) is 27.2 Å². The maximum absolute atomic E-state index is 12.3. The molecule has 6 nitrogen and oxygen atoms in total. The van der Waals surface area contributed by atoms with Crippen molar-refractivity contribution in [2.24, 2.45) is 0 Å². The third-order valence-corrected chi connectivity index (χ3v) is 4.20. The van der Waals surface area contributed by atoms with Crippen LogP contribution < -0.4 is 11.1 Å². The van der Waals surface area contributed by atoms with Crippen LogP contribution in [-0.2, 0) is 4.74 Å². The number of amides is 1. The van der Waals surface area contributed by atoms with Gasteiger partial charge in [-0.1, -0.05) is 11.3 Å². The first-order valence-corrected chi connectivity index (χ1v) is 6.73. The van der Waals surface area contributed by atoms with E-state index < -0.39 is 0 Å². The first-order chi connectivity index (χ1) is 8.65. The molecule has 1 aromatic heterocycles. The fourth-order valence-electron chi connectivity index (χ4n) is 2.03. The van der Waals surface area contributed by atoms with Crippen LogP contribution in [0.15, 0.2) is 0 Å². The molecule has 0 atom stereocenters. The minimum Gasteiger partial charge on any atom is -0.382 e. The molecule has 100 valence electrons. The van der Waals surface area contributed by atoms with E-state index in [4.69, 9.17) is 10.5 Å². The van der Waals surface area contributed by atoms with E-state index in [1.54, 1.807) is 14.2 Å². The Labute approximate surface area is 110 Å². The van der Waals surface area contributed by atoms with Crippen molar-refractivity contribution in [3.8, 4) is 0 Å². The van der Waals surface area contributed by atoms with E-state index in [0.717, 1.165) is 12.8 Å². The number of hydrogen-bond donors (Lipinski definition) is 2. The average molecular weight is 270 g/mol. The van der Waals surface area contributed by atoms with Crippen molar-refractivity contribution in [1.82, 2.24) is 9.88 Å². The lowest BCUT2D eigenvalue weighted by atomic mass is 10.1. The lowest BCUT2D eigenvalue weighted by Crippen LogP contribution is -2.40. The third-order valence-electron chi connectivity index (χ3n) is 3.12. The second-order valence-electron chi connectivity index (χ2n) is 4.21. The van der Waals surface area contributed by atoms with Gasteiger partial charge in [0.2, 0.25) is 0 Å². The second-order valence-corrected chi connectivity index (χ2v) is 5.21. The molecule has 1 aliphatic rings. The van der Waals surface area contributed by atoms with Crippen LogP contribution >= 0.6 is 11.3 Å². The number of rotatable bonds is 3. The lowest BCUT2D eigenvalue weighted by Gasteiger charge is -2.30. The largest absolute Gasteiger partial charge is 0.382 e. The van der Waals surface area contributed by atoms with Crippen molar-refractivity contribution in [1.29, 1.82) is 0 Å². The molecule has 0 aromatic carbocycles. The molecule has 0 spiro atoms. The Morgan fingerprint density at radius 1 is 1.56 bits per heavy atom. The Bertz CT molecular complexity index is 427. The topological polar surface area (TPSA) is 80.5 Å². The summed E-state index contributed by atoms with van der Waals surface area (Å²) in [7, 11) is 3.47. The predicted molar refractivity (Wildman–Crippen MR) is 72.0 cm³/mol. The molecule has 0 unspecified atom stereocenters. The van der Waals surface area contributed by atoms with Gasteiger partial charge >= 0.3 is 0 Å². The number of carbonyl (C=O) groups is 1. The van der Waals surface area contributed by atoms with E-state index in [1.165, 1.54) is 11.3 Å². The second kappa shape index (κ2) is 5.53. The summed E-state index contributed by atoms with van der Waals surface area (Å²) in [5, 5.41) is 3.57. The Balaban J connectivity index is 2.05. The molecule has 18 heavy (non-hydrogen) atoms. The van der Waals surface area contributed by atoms with E-state index in [0.29, 0.717) is 28.9 Å². The van der Waals surface area contributed by atoms with Gasteiger partial charge in [-0.3, -0.25) is 4.79 Å². The van der Waals surface area contributed by atoms with E-state index in [9.17, 15) is 4.79 Å². The molecule has 1 saturated heterocycles. The number of ether oxygens (including phenoxy) is 1. The number of anilines is 2. The number of carbonyl (C=O) groups excluding carboxylic acids is 1. The number of hydrogen-bond acceptors (Lipinski definition) is 6. The summed E-state index contributed by atoms with van der Waals surface area (Å²) in [5.41, 5.74) is 5.77. The van der Waals surface area contributed by atoms with Crippen LogP contribution in [0.1, 0.15) is 22.5 Å². The Morgan fingerprint density at radius 3 is 2.72 bits per heavy atom. The summed E-state index contributed by atoms with van der Waals surface area (Å²) >= 11 is 1.30. The zero-order valence-electron chi connectivity index (χ0n) is 10.6. The number of nitrogen functional groups attached to an aromatic ring is 1. The van der Waals surface area contributed by atoms with Gasteiger partial charge in [0.15, 0.2) is 5.13 Å². The van der Waals surface area contributed by atoms with Gasteiger partial charge in [0.25, 0.3) is 5.91 Å². The summed E-state index contributed by atoms with van der Waals surface area (Å²) in [6, 6.07) is 0. The van der Waals surface area contributed by atoms with E-state index in [-0.39, 0.29) is 12.0 Å². The number of nitrogens with one attached hydrogen (secondary N) is 1. The molecule has 0 aliphatic carbocycles. The Hall–Kier alpha value is -1.34. The Morgan fingerprint density at radius 2 is 2.22 bits per heavy atom. The fourth-order valence-corrected chi connectivity index (χ4v) is 2.84. The zero-order chi connectivity index (χ0) is 13.1. The fraction of sp³-hybridized carbons (Fsp3) is 0.636. The highest BCUT2D eigenvalue weighted by Crippen LogP contribution is 2.27. The number of aromatic nitrogens is 1. The quantitative estimate of drug-likeness (QED) is 0.857. The lowest BCUT2D eigenvalue weighted by molar-refractivity contribution is 0.0354. The molecule has 0 radical (unpaired) electrons. The summed E-state index contributed by atoms with van der Waals surface area (Å²) in [5.74, 6) is 0.282. The SMILES string of the molecule is CNc1nc(N)c(C(=O)N2CCC(OC)CC2)s1. The van der Waals surface area contributed by atoms with Crippen LogP contribution in [0.5, 0.6) is 0 Å². The number of nitrogens with zero attached hydrogens (tertiary/aromatic N) is 2. The van der Waals surface area contributed by atoms with Crippen LogP contribution in [0.3, 0.4) is 0 Å². The molecule has 0 saturated carbocycles. The molecule has 1 amide bonds. The van der Waals surface area contributed by atoms with Crippen molar-refractivity contribution in [2.45, 2.75) is 18.9 Å². The maximum atomic E-state index is 12.3. The van der Waals surface area contributed by atoms with Crippen LogP contribution in [0.4, 0.5) is 10.9 Å². The van der Waals surface area contributed by atoms with E-state index in [1.807, 2.05) is 4.90 Å². The van der Waals surface area contributed by atoms with Crippen LogP contribution in [0.25, 0.3) is 0 Å². The van der Waals surface area contributed by atoms with Crippen molar-refractivity contribution < 1.29 is 9.53 Å². The Kier molecular flexibility index (Phi) is 4.03. The summed E-state index contributed by atoms with van der Waals surface area (Å²) in [4.78, 5) is 18.7. The van der Waals surface area contributed by atoms with Gasteiger partial charge in [0.05, 0.1) is 6.10 Å².